The molecule has 1 aliphatic heterocycles. The van der Waals surface area contributed by atoms with Crippen molar-refractivity contribution in [2.24, 2.45) is 0 Å². The second kappa shape index (κ2) is 8.56. The average Bonchev–Trinajstić information content (AvgIpc) is 2.95. The Kier molecular flexibility index (Phi) is 6.15. The number of hydrogen-bond acceptors (Lipinski definition) is 5. The molecule has 5 nitrogen and oxygen atoms in total. The summed E-state index contributed by atoms with van der Waals surface area (Å²) in [7, 11) is 1.26. The van der Waals surface area contributed by atoms with E-state index in [4.69, 9.17) is 18.9 Å². The number of hydrogen-bond donors (Lipinski definition) is 0. The van der Waals surface area contributed by atoms with Crippen molar-refractivity contribution in [3.8, 4) is 0 Å². The van der Waals surface area contributed by atoms with Crippen molar-refractivity contribution in [2.45, 2.75) is 31.0 Å². The van der Waals surface area contributed by atoms with Crippen LogP contribution in [0.15, 0.2) is 60.7 Å². The number of benzene rings is 2. The lowest BCUT2D eigenvalue weighted by Gasteiger charge is -2.23. The number of esters is 1. The fourth-order valence-electron chi connectivity index (χ4n) is 2.78. The van der Waals surface area contributed by atoms with Gasteiger partial charge < -0.3 is 18.9 Å². The number of carbonyl (C=O) groups excluding carboxylic acids is 1. The molecule has 2 aromatic carbocycles. The highest BCUT2D eigenvalue weighted by molar-refractivity contribution is 5.89. The number of rotatable bonds is 7. The van der Waals surface area contributed by atoms with Gasteiger partial charge in [-0.15, -0.1) is 0 Å². The van der Waals surface area contributed by atoms with Crippen LogP contribution in [0.5, 0.6) is 0 Å². The van der Waals surface area contributed by atoms with Gasteiger partial charge in [-0.25, -0.2) is 13.6 Å². The van der Waals surface area contributed by atoms with Crippen molar-refractivity contribution in [1.82, 2.24) is 0 Å². The Morgan fingerprint density at radius 2 is 1.70 bits per heavy atom. The van der Waals surface area contributed by atoms with Crippen molar-refractivity contribution in [1.29, 1.82) is 0 Å². The molecule has 1 saturated heterocycles. The number of ether oxygens (including phenoxy) is 4. The summed E-state index contributed by atoms with van der Waals surface area (Å²) < 4.78 is 50.1. The predicted octanol–water partition coefficient (Wildman–Crippen LogP) is 3.44. The molecule has 1 heterocycles. The van der Waals surface area contributed by atoms with Crippen molar-refractivity contribution >= 4 is 5.97 Å². The first-order valence-corrected chi connectivity index (χ1v) is 8.46. The molecule has 0 bridgehead atoms. The van der Waals surface area contributed by atoms with Crippen LogP contribution in [0.25, 0.3) is 0 Å². The van der Waals surface area contributed by atoms with E-state index in [0.717, 1.165) is 5.56 Å². The van der Waals surface area contributed by atoms with E-state index in [9.17, 15) is 13.6 Å². The van der Waals surface area contributed by atoms with Crippen LogP contribution in [0, 0.1) is 0 Å². The predicted molar refractivity (Wildman–Crippen MR) is 92.4 cm³/mol. The SMILES string of the molecule is COC1O[C@H](COC(=O)c2ccccc2)C(F)(F)[C@@H]1OCc1ccccc1. The average molecular weight is 378 g/mol. The number of methoxy groups -OCH3 is 1. The molecule has 1 fully saturated rings. The molecule has 0 spiro atoms. The van der Waals surface area contributed by atoms with Crippen LogP contribution < -0.4 is 0 Å². The van der Waals surface area contributed by atoms with Crippen LogP contribution in [0.2, 0.25) is 0 Å². The molecule has 144 valence electrons. The summed E-state index contributed by atoms with van der Waals surface area (Å²) in [5.41, 5.74) is 1.03. The first-order chi connectivity index (χ1) is 13.0. The van der Waals surface area contributed by atoms with Gasteiger partial charge in [0.1, 0.15) is 6.61 Å². The van der Waals surface area contributed by atoms with E-state index < -0.39 is 37.0 Å². The second-order valence-electron chi connectivity index (χ2n) is 6.09. The zero-order valence-electron chi connectivity index (χ0n) is 14.7. The summed E-state index contributed by atoms with van der Waals surface area (Å²) in [5.74, 6) is -4.08. The van der Waals surface area contributed by atoms with E-state index >= 15 is 0 Å². The summed E-state index contributed by atoms with van der Waals surface area (Å²) in [6.45, 7) is -0.618. The molecule has 1 aliphatic rings. The van der Waals surface area contributed by atoms with Crippen LogP contribution in [-0.4, -0.2) is 44.1 Å². The lowest BCUT2D eigenvalue weighted by atomic mass is 10.1. The third-order valence-corrected chi connectivity index (χ3v) is 4.23. The van der Waals surface area contributed by atoms with Crippen molar-refractivity contribution in [2.75, 3.05) is 13.7 Å². The third kappa shape index (κ3) is 4.50. The highest BCUT2D eigenvalue weighted by Crippen LogP contribution is 2.39. The molecular weight excluding hydrogens is 358 g/mol. The summed E-state index contributed by atoms with van der Waals surface area (Å²) in [4.78, 5) is 12.0. The summed E-state index contributed by atoms with van der Waals surface area (Å²) in [5, 5.41) is 0. The van der Waals surface area contributed by atoms with Gasteiger partial charge in [-0.1, -0.05) is 48.5 Å². The Bertz CT molecular complexity index is 739. The lowest BCUT2D eigenvalue weighted by molar-refractivity contribution is -0.176. The van der Waals surface area contributed by atoms with Crippen molar-refractivity contribution in [3.05, 3.63) is 71.8 Å². The normalized spacial score (nSPS) is 23.9. The molecule has 3 atom stereocenters. The standard InChI is InChI=1S/C20H20F2O5/c1-24-19-17(25-12-14-8-4-2-5-9-14)20(21,22)16(27-19)13-26-18(23)15-10-6-3-7-11-15/h2-11,16-17,19H,12-13H2,1H3/t16-,17-,19?/m1/s1. The smallest absolute Gasteiger partial charge is 0.338 e. The van der Waals surface area contributed by atoms with Gasteiger partial charge in [0.05, 0.1) is 12.2 Å². The molecule has 0 saturated carbocycles. The van der Waals surface area contributed by atoms with Gasteiger partial charge in [-0.05, 0) is 17.7 Å². The van der Waals surface area contributed by atoms with Gasteiger partial charge >= 0.3 is 11.9 Å². The van der Waals surface area contributed by atoms with Gasteiger partial charge in [0.2, 0.25) is 0 Å². The molecule has 7 heteroatoms. The maximum absolute atomic E-state index is 14.7. The van der Waals surface area contributed by atoms with Gasteiger partial charge in [0, 0.05) is 7.11 Å². The molecule has 0 N–H and O–H groups in total. The first kappa shape index (κ1) is 19.4. The Hall–Kier alpha value is -2.35. The monoisotopic (exact) mass is 378 g/mol. The number of alkyl halides is 2. The number of halogens is 2. The summed E-state index contributed by atoms with van der Waals surface area (Å²) >= 11 is 0. The van der Waals surface area contributed by atoms with Gasteiger partial charge in [-0.3, -0.25) is 0 Å². The topological polar surface area (TPSA) is 54.0 Å². The van der Waals surface area contributed by atoms with Crippen molar-refractivity contribution < 1.29 is 32.5 Å². The van der Waals surface area contributed by atoms with Gasteiger partial charge in [0.15, 0.2) is 18.5 Å². The van der Waals surface area contributed by atoms with Gasteiger partial charge in [0.25, 0.3) is 0 Å². The summed E-state index contributed by atoms with van der Waals surface area (Å²) in [6.07, 6.45) is -4.52. The van der Waals surface area contributed by atoms with Crippen LogP contribution in [0.3, 0.4) is 0 Å². The minimum Gasteiger partial charge on any atom is -0.459 e. The summed E-state index contributed by atoms with van der Waals surface area (Å²) in [6, 6.07) is 17.1. The van der Waals surface area contributed by atoms with E-state index in [1.54, 1.807) is 54.6 Å². The van der Waals surface area contributed by atoms with Crippen LogP contribution in [0.4, 0.5) is 8.78 Å². The maximum Gasteiger partial charge on any atom is 0.338 e. The molecule has 0 aliphatic carbocycles. The fourth-order valence-corrected chi connectivity index (χ4v) is 2.78. The Morgan fingerprint density at radius 1 is 1.07 bits per heavy atom. The number of carbonyl (C=O) groups is 1. The lowest BCUT2D eigenvalue weighted by Crippen LogP contribution is -2.44. The highest BCUT2D eigenvalue weighted by atomic mass is 19.3. The van der Waals surface area contributed by atoms with E-state index in [2.05, 4.69) is 0 Å². The van der Waals surface area contributed by atoms with Gasteiger partial charge in [-0.2, -0.15) is 0 Å². The largest absolute Gasteiger partial charge is 0.459 e. The molecule has 27 heavy (non-hydrogen) atoms. The Labute approximate surface area is 155 Å². The van der Waals surface area contributed by atoms with E-state index in [1.807, 2.05) is 6.07 Å². The zero-order valence-corrected chi connectivity index (χ0v) is 14.7. The Balaban J connectivity index is 1.62. The van der Waals surface area contributed by atoms with Crippen LogP contribution in [0.1, 0.15) is 15.9 Å². The van der Waals surface area contributed by atoms with Crippen LogP contribution >= 0.6 is 0 Å². The Morgan fingerprint density at radius 3 is 2.33 bits per heavy atom. The highest BCUT2D eigenvalue weighted by Gasteiger charge is 2.60. The molecule has 0 amide bonds. The quantitative estimate of drug-likeness (QED) is 0.691. The molecule has 0 aromatic heterocycles. The van der Waals surface area contributed by atoms with Crippen LogP contribution in [-0.2, 0) is 25.6 Å². The minimum atomic E-state index is -3.38. The molecule has 3 rings (SSSR count). The molecule has 0 radical (unpaired) electrons. The maximum atomic E-state index is 14.7. The molecule has 1 unspecified atom stereocenters. The van der Waals surface area contributed by atoms with Crippen molar-refractivity contribution in [3.63, 3.8) is 0 Å². The van der Waals surface area contributed by atoms with E-state index in [1.165, 1.54) is 7.11 Å². The second-order valence-corrected chi connectivity index (χ2v) is 6.09. The zero-order chi connectivity index (χ0) is 19.3. The first-order valence-electron chi connectivity index (χ1n) is 8.46. The molecule has 2 aromatic rings. The molecular formula is C20H20F2O5. The fraction of sp³-hybridized carbons (Fsp3) is 0.350. The third-order valence-electron chi connectivity index (χ3n) is 4.23. The van der Waals surface area contributed by atoms with E-state index in [-0.39, 0.29) is 12.2 Å². The minimum absolute atomic E-state index is 0.0131. The van der Waals surface area contributed by atoms with E-state index in [0.29, 0.717) is 0 Å².